The number of hydrogen-bond donors (Lipinski definition) is 1. The number of amides is 1. The van der Waals surface area contributed by atoms with Crippen molar-refractivity contribution in [2.24, 2.45) is 7.05 Å². The summed E-state index contributed by atoms with van der Waals surface area (Å²) in [7, 11) is 1.74. The van der Waals surface area contributed by atoms with Crippen LogP contribution >= 0.6 is 15.9 Å². The smallest absolute Gasteiger partial charge is 0.269 e. The first-order valence-electron chi connectivity index (χ1n) is 4.00. The summed E-state index contributed by atoms with van der Waals surface area (Å²) in [6.45, 7) is 1.93. The number of carbonyl (C=O) groups excluding carboxylic acids is 1. The predicted molar refractivity (Wildman–Crippen MR) is 53.9 cm³/mol. The first-order chi connectivity index (χ1) is 6.15. The minimum Gasteiger partial charge on any atom is -0.347 e. The standard InChI is InChI=1S/C8H12BrN3O/c1-6(5-9)11-8(13)7-3-4-10-12(7)2/h3-4,6H,5H2,1-2H3,(H,11,13). The molecule has 0 aromatic carbocycles. The van der Waals surface area contributed by atoms with Crippen LogP contribution in [0.3, 0.4) is 0 Å². The Hall–Kier alpha value is -0.840. The zero-order valence-electron chi connectivity index (χ0n) is 7.62. The van der Waals surface area contributed by atoms with E-state index in [1.165, 1.54) is 0 Å². The summed E-state index contributed by atoms with van der Waals surface area (Å²) in [6, 6.07) is 1.82. The molecule has 0 spiro atoms. The molecule has 0 aliphatic heterocycles. The Morgan fingerprint density at radius 3 is 3.00 bits per heavy atom. The number of alkyl halides is 1. The highest BCUT2D eigenvalue weighted by molar-refractivity contribution is 9.09. The molecule has 0 fully saturated rings. The molecule has 13 heavy (non-hydrogen) atoms. The maximum Gasteiger partial charge on any atom is 0.269 e. The molecule has 0 saturated carbocycles. The Bertz CT molecular complexity index is 297. The normalized spacial score (nSPS) is 12.5. The summed E-state index contributed by atoms with van der Waals surface area (Å²) in [5.41, 5.74) is 0.577. The second-order valence-corrected chi connectivity index (χ2v) is 3.52. The Kier molecular flexibility index (Phi) is 3.48. The van der Waals surface area contributed by atoms with Crippen LogP contribution in [0.25, 0.3) is 0 Å². The molecule has 0 aliphatic rings. The average molecular weight is 246 g/mol. The van der Waals surface area contributed by atoms with Crippen LogP contribution < -0.4 is 5.32 Å². The van der Waals surface area contributed by atoms with E-state index in [1.807, 2.05) is 6.92 Å². The maximum atomic E-state index is 11.5. The summed E-state index contributed by atoms with van der Waals surface area (Å²) in [5.74, 6) is -0.0908. The number of carbonyl (C=O) groups is 1. The van der Waals surface area contributed by atoms with Crippen LogP contribution in [0.4, 0.5) is 0 Å². The summed E-state index contributed by atoms with van der Waals surface area (Å²) >= 11 is 3.29. The molecule has 1 unspecified atom stereocenters. The number of aryl methyl sites for hydroxylation is 1. The second kappa shape index (κ2) is 4.41. The van der Waals surface area contributed by atoms with Crippen molar-refractivity contribution in [3.8, 4) is 0 Å². The van der Waals surface area contributed by atoms with E-state index in [-0.39, 0.29) is 11.9 Å². The number of aromatic nitrogens is 2. The van der Waals surface area contributed by atoms with Gasteiger partial charge in [-0.1, -0.05) is 15.9 Å². The van der Waals surface area contributed by atoms with Crippen LogP contribution in [0, 0.1) is 0 Å². The van der Waals surface area contributed by atoms with Crippen molar-refractivity contribution < 1.29 is 4.79 Å². The SMILES string of the molecule is CC(CBr)NC(=O)c1ccnn1C. The largest absolute Gasteiger partial charge is 0.347 e. The van der Waals surface area contributed by atoms with Gasteiger partial charge in [-0.3, -0.25) is 9.48 Å². The first-order valence-corrected chi connectivity index (χ1v) is 5.12. The molecule has 0 aliphatic carbocycles. The molecule has 1 aromatic heterocycles. The topological polar surface area (TPSA) is 46.9 Å². The molecule has 72 valence electrons. The average Bonchev–Trinajstić information content (AvgIpc) is 2.51. The van der Waals surface area contributed by atoms with Gasteiger partial charge < -0.3 is 5.32 Å². The van der Waals surface area contributed by atoms with Gasteiger partial charge in [-0.25, -0.2) is 0 Å². The van der Waals surface area contributed by atoms with Gasteiger partial charge in [0.2, 0.25) is 0 Å². The fraction of sp³-hybridized carbons (Fsp3) is 0.500. The molecule has 1 heterocycles. The zero-order valence-corrected chi connectivity index (χ0v) is 9.21. The molecule has 1 rings (SSSR count). The van der Waals surface area contributed by atoms with E-state index in [0.717, 1.165) is 5.33 Å². The number of hydrogen-bond acceptors (Lipinski definition) is 2. The van der Waals surface area contributed by atoms with Crippen molar-refractivity contribution in [1.82, 2.24) is 15.1 Å². The molecule has 1 aromatic rings. The molecule has 4 nitrogen and oxygen atoms in total. The summed E-state index contributed by atoms with van der Waals surface area (Å²) in [4.78, 5) is 11.5. The number of nitrogens with zero attached hydrogens (tertiary/aromatic N) is 2. The van der Waals surface area contributed by atoms with E-state index in [2.05, 4.69) is 26.3 Å². The van der Waals surface area contributed by atoms with Crippen LogP contribution in [-0.2, 0) is 7.05 Å². The summed E-state index contributed by atoms with van der Waals surface area (Å²) < 4.78 is 1.55. The van der Waals surface area contributed by atoms with Gasteiger partial charge >= 0.3 is 0 Å². The molecule has 1 atom stereocenters. The van der Waals surface area contributed by atoms with Crippen LogP contribution in [0.2, 0.25) is 0 Å². The Morgan fingerprint density at radius 2 is 2.54 bits per heavy atom. The summed E-state index contributed by atoms with van der Waals surface area (Å²) in [6.07, 6.45) is 1.60. The molecule has 0 saturated heterocycles. The third kappa shape index (κ3) is 2.55. The first kappa shape index (κ1) is 10.2. The number of nitrogens with one attached hydrogen (secondary N) is 1. The van der Waals surface area contributed by atoms with Gasteiger partial charge in [-0.05, 0) is 13.0 Å². The molecule has 0 radical (unpaired) electrons. The van der Waals surface area contributed by atoms with Crippen LogP contribution in [-0.4, -0.2) is 27.1 Å². The van der Waals surface area contributed by atoms with Crippen molar-refractivity contribution >= 4 is 21.8 Å². The lowest BCUT2D eigenvalue weighted by molar-refractivity contribution is 0.0934. The van der Waals surface area contributed by atoms with E-state index in [4.69, 9.17) is 0 Å². The van der Waals surface area contributed by atoms with Crippen LogP contribution in [0.1, 0.15) is 17.4 Å². The van der Waals surface area contributed by atoms with Gasteiger partial charge in [0.25, 0.3) is 5.91 Å². The van der Waals surface area contributed by atoms with E-state index in [9.17, 15) is 4.79 Å². The number of rotatable bonds is 3. The maximum absolute atomic E-state index is 11.5. The molecule has 0 bridgehead atoms. The van der Waals surface area contributed by atoms with Crippen molar-refractivity contribution in [3.63, 3.8) is 0 Å². The fourth-order valence-corrected chi connectivity index (χ4v) is 1.09. The number of halogens is 1. The second-order valence-electron chi connectivity index (χ2n) is 2.87. The van der Waals surface area contributed by atoms with Crippen molar-refractivity contribution in [2.75, 3.05) is 5.33 Å². The monoisotopic (exact) mass is 245 g/mol. The molecule has 5 heteroatoms. The van der Waals surface area contributed by atoms with Crippen molar-refractivity contribution in [1.29, 1.82) is 0 Å². The van der Waals surface area contributed by atoms with Gasteiger partial charge in [-0.15, -0.1) is 0 Å². The van der Waals surface area contributed by atoms with Gasteiger partial charge in [0.05, 0.1) is 0 Å². The van der Waals surface area contributed by atoms with Crippen molar-refractivity contribution in [2.45, 2.75) is 13.0 Å². The van der Waals surface area contributed by atoms with E-state index in [0.29, 0.717) is 5.69 Å². The highest BCUT2D eigenvalue weighted by Crippen LogP contribution is 1.97. The minimum atomic E-state index is -0.0908. The third-order valence-electron chi connectivity index (χ3n) is 1.66. The van der Waals surface area contributed by atoms with Gasteiger partial charge in [0.15, 0.2) is 0 Å². The fourth-order valence-electron chi connectivity index (χ4n) is 0.933. The third-order valence-corrected chi connectivity index (χ3v) is 2.63. The highest BCUT2D eigenvalue weighted by atomic mass is 79.9. The lowest BCUT2D eigenvalue weighted by Crippen LogP contribution is -2.34. The minimum absolute atomic E-state index is 0.0908. The predicted octanol–water partition coefficient (Wildman–Crippen LogP) is 0.933. The lowest BCUT2D eigenvalue weighted by Gasteiger charge is -2.10. The van der Waals surface area contributed by atoms with Crippen molar-refractivity contribution in [3.05, 3.63) is 18.0 Å². The molecule has 1 amide bonds. The Balaban J connectivity index is 2.64. The zero-order chi connectivity index (χ0) is 9.84. The Morgan fingerprint density at radius 1 is 1.85 bits per heavy atom. The molecular weight excluding hydrogens is 234 g/mol. The lowest BCUT2D eigenvalue weighted by atomic mass is 10.3. The van der Waals surface area contributed by atoms with Gasteiger partial charge in [0.1, 0.15) is 5.69 Å². The van der Waals surface area contributed by atoms with E-state index < -0.39 is 0 Å². The van der Waals surface area contributed by atoms with E-state index >= 15 is 0 Å². The molecule has 1 N–H and O–H groups in total. The quantitative estimate of drug-likeness (QED) is 0.806. The van der Waals surface area contributed by atoms with E-state index in [1.54, 1.807) is 24.0 Å². The van der Waals surface area contributed by atoms with Gasteiger partial charge in [0, 0.05) is 24.6 Å². The Labute approximate surface area is 85.4 Å². The van der Waals surface area contributed by atoms with Crippen LogP contribution in [0.15, 0.2) is 12.3 Å². The van der Waals surface area contributed by atoms with Crippen LogP contribution in [0.5, 0.6) is 0 Å². The van der Waals surface area contributed by atoms with Gasteiger partial charge in [-0.2, -0.15) is 5.10 Å². The highest BCUT2D eigenvalue weighted by Gasteiger charge is 2.11. The summed E-state index contributed by atoms with van der Waals surface area (Å²) in [5, 5.41) is 7.49. The molecular formula is C8H12BrN3O.